The molecule has 200 valence electrons. The van der Waals surface area contributed by atoms with Crippen molar-refractivity contribution in [3.63, 3.8) is 0 Å². The minimum absolute atomic E-state index is 0.193. The molecule has 0 aromatic heterocycles. The van der Waals surface area contributed by atoms with Gasteiger partial charge in [0, 0.05) is 21.2 Å². The van der Waals surface area contributed by atoms with Crippen molar-refractivity contribution in [2.75, 3.05) is 4.90 Å². The average Bonchev–Trinajstić information content (AvgIpc) is 2.95. The molecule has 0 atom stereocenters. The Morgan fingerprint density at radius 2 is 1.30 bits per heavy atom. The summed E-state index contributed by atoms with van der Waals surface area (Å²) in [6.45, 7) is 0.504. The first-order chi connectivity index (χ1) is 19.4. The summed E-state index contributed by atoms with van der Waals surface area (Å²) < 4.78 is 11.6. The van der Waals surface area contributed by atoms with Crippen LogP contribution < -0.4 is 19.7 Å². The molecule has 4 amide bonds. The van der Waals surface area contributed by atoms with Gasteiger partial charge in [-0.1, -0.05) is 71.7 Å². The molecule has 0 spiro atoms. The summed E-state index contributed by atoms with van der Waals surface area (Å²) in [5, 5.41) is 3.42. The van der Waals surface area contributed by atoms with Gasteiger partial charge in [0.25, 0.3) is 11.8 Å². The molecule has 1 aliphatic rings. The van der Waals surface area contributed by atoms with Crippen LogP contribution in [-0.4, -0.2) is 17.8 Å². The van der Waals surface area contributed by atoms with Gasteiger partial charge in [0.15, 0.2) is 0 Å². The minimum atomic E-state index is -0.839. The Balaban J connectivity index is 1.31. The Bertz CT molecular complexity index is 1620. The lowest BCUT2D eigenvalue weighted by molar-refractivity contribution is -0.122. The molecule has 0 aliphatic carbocycles. The number of ether oxygens (including phenoxy) is 2. The van der Waals surface area contributed by atoms with Gasteiger partial charge in [-0.05, 0) is 60.2 Å². The first kappa shape index (κ1) is 27.0. The molecule has 7 nitrogen and oxygen atoms in total. The molecule has 1 saturated heterocycles. The van der Waals surface area contributed by atoms with Crippen molar-refractivity contribution >= 4 is 52.8 Å². The number of halogens is 2. The van der Waals surface area contributed by atoms with Gasteiger partial charge >= 0.3 is 6.03 Å². The molecule has 0 radical (unpaired) electrons. The van der Waals surface area contributed by atoms with E-state index >= 15 is 0 Å². The van der Waals surface area contributed by atoms with E-state index in [2.05, 4.69) is 5.32 Å². The van der Waals surface area contributed by atoms with Crippen molar-refractivity contribution in [3.05, 3.63) is 129 Å². The SMILES string of the molecule is O=C1NC(=O)N(c2ccc(OCc3ccccc3Cl)cc2)C(=O)/C1=C\c1cccc(OCc2ccccc2Cl)c1. The number of imide groups is 2. The lowest BCUT2D eigenvalue weighted by Gasteiger charge is -2.26. The van der Waals surface area contributed by atoms with Gasteiger partial charge in [0.1, 0.15) is 30.3 Å². The molecule has 1 heterocycles. The number of benzene rings is 4. The van der Waals surface area contributed by atoms with Crippen LogP contribution in [0.25, 0.3) is 6.08 Å². The second-order valence-electron chi connectivity index (χ2n) is 8.78. The third-order valence-electron chi connectivity index (χ3n) is 6.07. The quantitative estimate of drug-likeness (QED) is 0.185. The summed E-state index contributed by atoms with van der Waals surface area (Å²) in [7, 11) is 0. The topological polar surface area (TPSA) is 84.9 Å². The average molecular weight is 573 g/mol. The van der Waals surface area contributed by atoms with Crippen LogP contribution in [0.5, 0.6) is 11.5 Å². The molecule has 0 saturated carbocycles. The molecular formula is C31H22Cl2N2O5. The maximum absolute atomic E-state index is 13.3. The molecular weight excluding hydrogens is 551 g/mol. The van der Waals surface area contributed by atoms with Crippen molar-refractivity contribution in [1.82, 2.24) is 5.32 Å². The van der Waals surface area contributed by atoms with E-state index in [4.69, 9.17) is 32.7 Å². The van der Waals surface area contributed by atoms with Crippen molar-refractivity contribution in [3.8, 4) is 11.5 Å². The number of hydrogen-bond acceptors (Lipinski definition) is 5. The summed E-state index contributed by atoms with van der Waals surface area (Å²) in [5.74, 6) is -0.485. The van der Waals surface area contributed by atoms with E-state index in [1.54, 1.807) is 60.7 Å². The summed E-state index contributed by atoms with van der Waals surface area (Å²) in [6.07, 6.45) is 1.42. The van der Waals surface area contributed by atoms with Gasteiger partial charge in [0.2, 0.25) is 0 Å². The standard InChI is InChI=1S/C31H22Cl2N2O5/c32-27-10-3-1-7-21(27)18-39-24-14-12-23(13-15-24)35-30(37)26(29(36)34-31(35)38)17-20-6-5-9-25(16-20)40-19-22-8-2-4-11-28(22)33/h1-17H,18-19H2,(H,34,36,38)/b26-17-. The molecule has 4 aromatic rings. The molecule has 1 aliphatic heterocycles. The van der Waals surface area contributed by atoms with E-state index in [1.165, 1.54) is 6.08 Å². The van der Waals surface area contributed by atoms with Gasteiger partial charge < -0.3 is 9.47 Å². The Hall–Kier alpha value is -4.59. The predicted octanol–water partition coefficient (Wildman–Crippen LogP) is 6.82. The number of nitrogens with one attached hydrogen (secondary N) is 1. The van der Waals surface area contributed by atoms with Crippen LogP contribution >= 0.6 is 23.2 Å². The van der Waals surface area contributed by atoms with Crippen molar-refractivity contribution in [2.24, 2.45) is 0 Å². The van der Waals surface area contributed by atoms with Gasteiger partial charge in [-0.2, -0.15) is 0 Å². The Kier molecular flexibility index (Phi) is 8.15. The van der Waals surface area contributed by atoms with Crippen LogP contribution in [0.1, 0.15) is 16.7 Å². The van der Waals surface area contributed by atoms with Crippen molar-refractivity contribution < 1.29 is 23.9 Å². The monoisotopic (exact) mass is 572 g/mol. The summed E-state index contributed by atoms with van der Waals surface area (Å²) in [4.78, 5) is 39.4. The fourth-order valence-corrected chi connectivity index (χ4v) is 4.38. The molecule has 0 unspecified atom stereocenters. The lowest BCUT2D eigenvalue weighted by atomic mass is 10.1. The highest BCUT2D eigenvalue weighted by atomic mass is 35.5. The summed E-state index contributed by atoms with van der Waals surface area (Å²) in [6, 6.07) is 27.2. The van der Waals surface area contributed by atoms with Gasteiger partial charge in [-0.25, -0.2) is 9.69 Å². The largest absolute Gasteiger partial charge is 0.489 e. The fourth-order valence-electron chi connectivity index (χ4n) is 4.00. The van der Waals surface area contributed by atoms with E-state index in [-0.39, 0.29) is 24.5 Å². The Morgan fingerprint density at radius 1 is 0.700 bits per heavy atom. The number of urea groups is 1. The first-order valence-corrected chi connectivity index (χ1v) is 13.0. The molecule has 4 aromatic carbocycles. The van der Waals surface area contributed by atoms with Crippen LogP contribution in [-0.2, 0) is 22.8 Å². The van der Waals surface area contributed by atoms with E-state index in [0.29, 0.717) is 27.1 Å². The number of hydrogen-bond donors (Lipinski definition) is 1. The lowest BCUT2D eigenvalue weighted by Crippen LogP contribution is -2.54. The number of barbiturate groups is 1. The molecule has 1 N–H and O–H groups in total. The van der Waals surface area contributed by atoms with E-state index < -0.39 is 17.8 Å². The highest BCUT2D eigenvalue weighted by Gasteiger charge is 2.36. The first-order valence-electron chi connectivity index (χ1n) is 12.2. The third-order valence-corrected chi connectivity index (χ3v) is 6.81. The third kappa shape index (κ3) is 6.17. The number of carbonyl (C=O) groups is 3. The number of amides is 4. The highest BCUT2D eigenvalue weighted by molar-refractivity contribution is 6.39. The summed E-state index contributed by atoms with van der Waals surface area (Å²) in [5.41, 5.74) is 2.28. The van der Waals surface area contributed by atoms with Crippen LogP contribution in [0.4, 0.5) is 10.5 Å². The number of anilines is 1. The van der Waals surface area contributed by atoms with Gasteiger partial charge in [0.05, 0.1) is 5.69 Å². The van der Waals surface area contributed by atoms with Crippen molar-refractivity contribution in [2.45, 2.75) is 13.2 Å². The molecule has 0 bridgehead atoms. The van der Waals surface area contributed by atoms with Gasteiger partial charge in [-0.3, -0.25) is 14.9 Å². The zero-order valence-electron chi connectivity index (χ0n) is 21.0. The Morgan fingerprint density at radius 3 is 1.93 bits per heavy atom. The second-order valence-corrected chi connectivity index (χ2v) is 9.60. The predicted molar refractivity (Wildman–Crippen MR) is 153 cm³/mol. The van der Waals surface area contributed by atoms with Crippen molar-refractivity contribution in [1.29, 1.82) is 0 Å². The molecule has 40 heavy (non-hydrogen) atoms. The highest BCUT2D eigenvalue weighted by Crippen LogP contribution is 2.26. The number of rotatable bonds is 8. The van der Waals surface area contributed by atoms with Crippen LogP contribution in [0, 0.1) is 0 Å². The number of carbonyl (C=O) groups excluding carboxylic acids is 3. The zero-order valence-corrected chi connectivity index (χ0v) is 22.5. The van der Waals surface area contributed by atoms with Crippen LogP contribution in [0.15, 0.2) is 103 Å². The van der Waals surface area contributed by atoms with E-state index in [0.717, 1.165) is 16.0 Å². The van der Waals surface area contributed by atoms with E-state index in [9.17, 15) is 14.4 Å². The second kappa shape index (κ2) is 12.1. The smallest absolute Gasteiger partial charge is 0.335 e. The van der Waals surface area contributed by atoms with E-state index in [1.807, 2.05) is 36.4 Å². The summed E-state index contributed by atoms with van der Waals surface area (Å²) >= 11 is 12.4. The normalized spacial score (nSPS) is 14.3. The van der Waals surface area contributed by atoms with Crippen LogP contribution in [0.3, 0.4) is 0 Å². The van der Waals surface area contributed by atoms with Crippen LogP contribution in [0.2, 0.25) is 10.0 Å². The maximum atomic E-state index is 13.3. The fraction of sp³-hybridized carbons (Fsp3) is 0.0645. The Labute approximate surface area is 240 Å². The maximum Gasteiger partial charge on any atom is 0.335 e. The minimum Gasteiger partial charge on any atom is -0.489 e. The molecule has 5 rings (SSSR count). The van der Waals surface area contributed by atoms with Gasteiger partial charge in [-0.15, -0.1) is 0 Å². The number of nitrogens with zero attached hydrogens (tertiary/aromatic N) is 1. The molecule has 1 fully saturated rings. The molecule has 9 heteroatoms. The zero-order chi connectivity index (χ0) is 28.1.